The maximum absolute atomic E-state index is 14.1. The first-order chi connectivity index (χ1) is 23.1. The van der Waals surface area contributed by atoms with Gasteiger partial charge in [0.25, 0.3) is 5.91 Å². The highest BCUT2D eigenvalue weighted by atomic mass is 16.5. The number of methoxy groups -OCH3 is 1. The maximum atomic E-state index is 14.1. The number of carbonyl (C=O) groups is 3. The van der Waals surface area contributed by atoms with Gasteiger partial charge in [0.1, 0.15) is 17.8 Å². The van der Waals surface area contributed by atoms with Gasteiger partial charge in [0.2, 0.25) is 11.8 Å². The Kier molecular flexibility index (Phi) is 12.7. The number of benzene rings is 3. The Balaban J connectivity index is 0.00000541. The summed E-state index contributed by atoms with van der Waals surface area (Å²) < 4.78 is 12.8. The largest absolute Gasteiger partial charge is 0.497 e. The van der Waals surface area contributed by atoms with E-state index < -0.39 is 29.4 Å². The van der Waals surface area contributed by atoms with Crippen LogP contribution >= 0.6 is 0 Å². The van der Waals surface area contributed by atoms with Gasteiger partial charge in [0.05, 0.1) is 32.2 Å². The van der Waals surface area contributed by atoms with E-state index >= 15 is 0 Å². The van der Waals surface area contributed by atoms with Gasteiger partial charge in [-0.3, -0.25) is 14.4 Å². The number of hydrogen-bond donors (Lipinski definition) is 3. The number of amides is 3. The number of imidazole rings is 1. The van der Waals surface area contributed by atoms with Gasteiger partial charge in [-0.1, -0.05) is 80.2 Å². The van der Waals surface area contributed by atoms with Crippen LogP contribution in [-0.2, 0) is 25.7 Å². The minimum Gasteiger partial charge on any atom is -0.497 e. The van der Waals surface area contributed by atoms with E-state index in [1.54, 1.807) is 31.7 Å². The molecule has 2 atom stereocenters. The van der Waals surface area contributed by atoms with Crippen molar-refractivity contribution in [1.29, 1.82) is 0 Å². The molecular weight excluding hydrogens is 620 g/mol. The van der Waals surface area contributed by atoms with Crippen LogP contribution < -0.4 is 21.1 Å². The first kappa shape index (κ1) is 36.8. The molecule has 1 fully saturated rings. The number of piperidine rings is 1. The number of rotatable bonds is 13. The second-order valence-electron chi connectivity index (χ2n) is 12.6. The standard InChI is InChI=1S/C37H44N6O5.CH4/c1-37(2,38)36(46)40-31(24-48-23-26-10-6-4-7-11-26)34(44)41-32-22-43(25-39-32)33(29-12-8-5-9-13-29)35(45)42-20-18-28(19-21-42)27-14-16-30(47-3)17-15-27;/h4-17,22,25,28,31,33H,18-21,23-24,38H2,1-3H3,(H,40,46)(H,41,44);1H4/t31-,33?;/m1./s1. The number of anilines is 1. The van der Waals surface area contributed by atoms with Crippen LogP contribution in [0.25, 0.3) is 0 Å². The number of nitrogens with zero attached hydrogens (tertiary/aromatic N) is 3. The summed E-state index contributed by atoms with van der Waals surface area (Å²) in [6.45, 7) is 4.55. The van der Waals surface area contributed by atoms with E-state index in [1.165, 1.54) is 11.9 Å². The highest BCUT2D eigenvalue weighted by Crippen LogP contribution is 2.31. The number of ether oxygens (including phenoxy) is 2. The molecule has 0 aliphatic carbocycles. The summed E-state index contributed by atoms with van der Waals surface area (Å²) in [4.78, 5) is 46.6. The minimum absolute atomic E-state index is 0. The Hall–Kier alpha value is -5.00. The van der Waals surface area contributed by atoms with Gasteiger partial charge in [0.15, 0.2) is 5.82 Å². The molecule has 49 heavy (non-hydrogen) atoms. The zero-order valence-corrected chi connectivity index (χ0v) is 27.7. The molecule has 11 heteroatoms. The molecule has 2 heterocycles. The van der Waals surface area contributed by atoms with Crippen molar-refractivity contribution in [2.24, 2.45) is 5.73 Å². The van der Waals surface area contributed by atoms with Gasteiger partial charge in [-0.15, -0.1) is 0 Å². The van der Waals surface area contributed by atoms with Crippen molar-refractivity contribution in [2.45, 2.75) is 64.3 Å². The van der Waals surface area contributed by atoms with Crippen molar-refractivity contribution in [2.75, 3.05) is 32.1 Å². The Morgan fingerprint density at radius 1 is 0.959 bits per heavy atom. The van der Waals surface area contributed by atoms with Gasteiger partial charge in [0, 0.05) is 19.3 Å². The molecule has 1 aliphatic rings. The van der Waals surface area contributed by atoms with Crippen molar-refractivity contribution < 1.29 is 23.9 Å². The fourth-order valence-electron chi connectivity index (χ4n) is 5.71. The quantitative estimate of drug-likeness (QED) is 0.184. The topological polar surface area (TPSA) is 141 Å². The van der Waals surface area contributed by atoms with Crippen LogP contribution in [0.2, 0.25) is 0 Å². The van der Waals surface area contributed by atoms with E-state index in [4.69, 9.17) is 15.2 Å². The zero-order valence-electron chi connectivity index (χ0n) is 27.7. The zero-order chi connectivity index (χ0) is 34.1. The summed E-state index contributed by atoms with van der Waals surface area (Å²) in [7, 11) is 1.66. The summed E-state index contributed by atoms with van der Waals surface area (Å²) in [6, 6.07) is 25.5. The fraction of sp³-hybridized carbons (Fsp3) is 0.368. The minimum atomic E-state index is -1.20. The number of aromatic nitrogens is 2. The van der Waals surface area contributed by atoms with Crippen LogP contribution in [0.4, 0.5) is 5.82 Å². The molecule has 1 aliphatic heterocycles. The number of nitrogens with one attached hydrogen (secondary N) is 2. The lowest BCUT2D eigenvalue weighted by Crippen LogP contribution is -2.56. The number of hydrogen-bond acceptors (Lipinski definition) is 7. The van der Waals surface area contributed by atoms with Crippen molar-refractivity contribution in [3.63, 3.8) is 0 Å². The Labute approximate surface area is 288 Å². The third-order valence-corrected chi connectivity index (χ3v) is 8.50. The molecule has 11 nitrogen and oxygen atoms in total. The molecule has 0 spiro atoms. The van der Waals surface area contributed by atoms with Crippen molar-refractivity contribution in [3.8, 4) is 5.75 Å². The Morgan fingerprint density at radius 3 is 2.20 bits per heavy atom. The lowest BCUT2D eigenvalue weighted by atomic mass is 9.89. The van der Waals surface area contributed by atoms with E-state index in [0.717, 1.165) is 29.7 Å². The molecule has 1 saturated heterocycles. The van der Waals surface area contributed by atoms with Gasteiger partial charge >= 0.3 is 0 Å². The molecule has 1 unspecified atom stereocenters. The molecule has 3 aromatic carbocycles. The van der Waals surface area contributed by atoms with Crippen molar-refractivity contribution >= 4 is 23.5 Å². The molecule has 260 valence electrons. The third kappa shape index (κ3) is 9.77. The normalized spacial score (nSPS) is 14.7. The average molecular weight is 669 g/mol. The molecule has 5 rings (SSSR count). The average Bonchev–Trinajstić information content (AvgIpc) is 3.56. The van der Waals surface area contributed by atoms with Crippen LogP contribution in [0.1, 0.15) is 62.8 Å². The molecular formula is C38H48N6O5. The van der Waals surface area contributed by atoms with Crippen molar-refractivity contribution in [1.82, 2.24) is 19.8 Å². The lowest BCUT2D eigenvalue weighted by Gasteiger charge is -2.35. The van der Waals surface area contributed by atoms with Crippen LogP contribution in [0.15, 0.2) is 97.5 Å². The lowest BCUT2D eigenvalue weighted by molar-refractivity contribution is -0.134. The van der Waals surface area contributed by atoms with Crippen LogP contribution in [0.5, 0.6) is 5.75 Å². The Bertz CT molecular complexity index is 1650. The van der Waals surface area contributed by atoms with E-state index in [2.05, 4.69) is 27.8 Å². The van der Waals surface area contributed by atoms with Crippen LogP contribution in [0, 0.1) is 0 Å². The van der Waals surface area contributed by atoms with Crippen molar-refractivity contribution in [3.05, 3.63) is 114 Å². The maximum Gasteiger partial charge on any atom is 0.250 e. The highest BCUT2D eigenvalue weighted by Gasteiger charge is 2.32. The van der Waals surface area contributed by atoms with Gasteiger partial charge in [-0.05, 0) is 61.4 Å². The first-order valence-corrected chi connectivity index (χ1v) is 16.2. The van der Waals surface area contributed by atoms with Crippen LogP contribution in [0.3, 0.4) is 0 Å². The first-order valence-electron chi connectivity index (χ1n) is 16.2. The summed E-state index contributed by atoms with van der Waals surface area (Å²) in [5, 5.41) is 5.48. The highest BCUT2D eigenvalue weighted by molar-refractivity contribution is 5.98. The second kappa shape index (κ2) is 16.9. The summed E-state index contributed by atoms with van der Waals surface area (Å²) in [5.74, 6) is 0.357. The second-order valence-corrected chi connectivity index (χ2v) is 12.6. The predicted molar refractivity (Wildman–Crippen MR) is 190 cm³/mol. The van der Waals surface area contributed by atoms with Gasteiger partial charge in [-0.2, -0.15) is 0 Å². The SMILES string of the molecule is C.COc1ccc(C2CCN(C(=O)C(c3ccccc3)n3cnc(NC(=O)[C@@H](COCc4ccccc4)NC(=O)C(C)(C)N)c3)CC2)cc1. The number of carbonyl (C=O) groups excluding carboxylic acids is 3. The molecule has 3 amide bonds. The molecule has 0 radical (unpaired) electrons. The number of likely N-dealkylation sites (tertiary alicyclic amines) is 1. The smallest absolute Gasteiger partial charge is 0.250 e. The van der Waals surface area contributed by atoms with Gasteiger partial charge in [-0.25, -0.2) is 4.98 Å². The van der Waals surface area contributed by atoms with Crippen LogP contribution in [-0.4, -0.2) is 70.6 Å². The molecule has 4 N–H and O–H groups in total. The van der Waals surface area contributed by atoms with E-state index in [0.29, 0.717) is 19.0 Å². The summed E-state index contributed by atoms with van der Waals surface area (Å²) in [6.07, 6.45) is 4.87. The molecule has 0 saturated carbocycles. The molecule has 1 aromatic heterocycles. The Morgan fingerprint density at radius 2 is 1.59 bits per heavy atom. The summed E-state index contributed by atoms with van der Waals surface area (Å²) in [5.41, 5.74) is 7.77. The fourth-order valence-corrected chi connectivity index (χ4v) is 5.71. The molecule has 0 bridgehead atoms. The third-order valence-electron chi connectivity index (χ3n) is 8.50. The monoisotopic (exact) mass is 668 g/mol. The predicted octanol–water partition coefficient (Wildman–Crippen LogP) is 4.90. The van der Waals surface area contributed by atoms with E-state index in [-0.39, 0.29) is 32.4 Å². The number of nitrogens with two attached hydrogens (primary N) is 1. The van der Waals surface area contributed by atoms with Gasteiger partial charge < -0.3 is 35.3 Å². The molecule has 4 aromatic rings. The summed E-state index contributed by atoms with van der Waals surface area (Å²) >= 11 is 0. The van der Waals surface area contributed by atoms with E-state index in [1.807, 2.05) is 77.7 Å². The van der Waals surface area contributed by atoms with E-state index in [9.17, 15) is 14.4 Å².